The largest absolute Gasteiger partial charge is 0.403 e. The molecule has 2 aromatic heterocycles. The molecule has 3 rings (SSSR count). The van der Waals surface area contributed by atoms with Gasteiger partial charge in [-0.2, -0.15) is 4.98 Å². The highest BCUT2D eigenvalue weighted by Gasteiger charge is 2.15. The van der Waals surface area contributed by atoms with Crippen LogP contribution in [0.1, 0.15) is 0 Å². The summed E-state index contributed by atoms with van der Waals surface area (Å²) in [5.41, 5.74) is -0.0632. The van der Waals surface area contributed by atoms with Crippen LogP contribution in [0.3, 0.4) is 0 Å². The van der Waals surface area contributed by atoms with Crippen molar-refractivity contribution in [3.63, 3.8) is 0 Å². The smallest absolute Gasteiger partial charge is 0.345 e. The fourth-order valence-electron chi connectivity index (χ4n) is 2.02. The van der Waals surface area contributed by atoms with Crippen LogP contribution in [-0.2, 0) is 0 Å². The first-order valence-corrected chi connectivity index (χ1v) is 7.89. The van der Waals surface area contributed by atoms with Gasteiger partial charge >= 0.3 is 5.63 Å². The van der Waals surface area contributed by atoms with Gasteiger partial charge in [0.1, 0.15) is 0 Å². The molecule has 0 radical (unpaired) electrons. The van der Waals surface area contributed by atoms with E-state index in [2.05, 4.69) is 9.97 Å². The molecule has 116 valence electrons. The number of rotatable bonds is 3. The SMILES string of the molecule is CSc1ncc2cc(-c3ccc([N+](=O)[O-])cc3Cl)c(=O)oc2n1. The summed E-state index contributed by atoms with van der Waals surface area (Å²) in [5, 5.41) is 11.9. The number of nitro benzene ring substituents is 1. The molecule has 1 aromatic carbocycles. The van der Waals surface area contributed by atoms with Gasteiger partial charge in [-0.3, -0.25) is 10.1 Å². The van der Waals surface area contributed by atoms with Gasteiger partial charge in [-0.1, -0.05) is 23.4 Å². The second-order valence-electron chi connectivity index (χ2n) is 4.49. The maximum Gasteiger partial charge on any atom is 0.345 e. The predicted octanol–water partition coefficient (Wildman–Crippen LogP) is 3.53. The lowest BCUT2D eigenvalue weighted by Gasteiger charge is -2.04. The lowest BCUT2D eigenvalue weighted by atomic mass is 10.1. The summed E-state index contributed by atoms with van der Waals surface area (Å²) < 4.78 is 5.21. The van der Waals surface area contributed by atoms with Gasteiger partial charge < -0.3 is 4.42 Å². The van der Waals surface area contributed by atoms with Crippen LogP contribution in [0.25, 0.3) is 22.2 Å². The number of nitrogens with zero attached hydrogens (tertiary/aromatic N) is 3. The van der Waals surface area contributed by atoms with Crippen LogP contribution in [0, 0.1) is 10.1 Å². The third-order valence-corrected chi connectivity index (χ3v) is 3.98. The van der Waals surface area contributed by atoms with Crippen LogP contribution in [0.5, 0.6) is 0 Å². The van der Waals surface area contributed by atoms with E-state index in [4.69, 9.17) is 16.0 Å². The summed E-state index contributed by atoms with van der Waals surface area (Å²) in [5.74, 6) is 0. The molecule has 23 heavy (non-hydrogen) atoms. The normalized spacial score (nSPS) is 10.9. The van der Waals surface area contributed by atoms with Crippen molar-refractivity contribution >= 4 is 40.1 Å². The van der Waals surface area contributed by atoms with Crippen molar-refractivity contribution in [2.45, 2.75) is 5.16 Å². The van der Waals surface area contributed by atoms with E-state index >= 15 is 0 Å². The van der Waals surface area contributed by atoms with Crippen LogP contribution >= 0.6 is 23.4 Å². The minimum atomic E-state index is -0.626. The van der Waals surface area contributed by atoms with Crippen molar-refractivity contribution in [1.82, 2.24) is 9.97 Å². The highest BCUT2D eigenvalue weighted by atomic mass is 35.5. The highest BCUT2D eigenvalue weighted by Crippen LogP contribution is 2.30. The number of nitro groups is 1. The minimum Gasteiger partial charge on any atom is -0.403 e. The van der Waals surface area contributed by atoms with Crippen molar-refractivity contribution < 1.29 is 9.34 Å². The summed E-state index contributed by atoms with van der Waals surface area (Å²) in [6.07, 6.45) is 3.35. The summed E-state index contributed by atoms with van der Waals surface area (Å²) in [4.78, 5) is 30.6. The zero-order valence-corrected chi connectivity index (χ0v) is 13.2. The lowest BCUT2D eigenvalue weighted by Crippen LogP contribution is -2.04. The topological polar surface area (TPSA) is 99.1 Å². The first-order valence-electron chi connectivity index (χ1n) is 6.29. The van der Waals surface area contributed by atoms with Crippen LogP contribution in [0.15, 0.2) is 44.8 Å². The molecule has 9 heteroatoms. The number of fused-ring (bicyclic) bond motifs is 1. The Balaban J connectivity index is 2.18. The van der Waals surface area contributed by atoms with E-state index in [1.165, 1.54) is 30.0 Å². The molecule has 2 heterocycles. The first kappa shape index (κ1) is 15.4. The molecule has 0 N–H and O–H groups in total. The molecule has 0 saturated heterocycles. The second kappa shape index (κ2) is 5.98. The van der Waals surface area contributed by atoms with Gasteiger partial charge in [0.2, 0.25) is 5.71 Å². The fraction of sp³-hybridized carbons (Fsp3) is 0.0714. The standard InChI is InChI=1S/C14H8ClN3O4S/c1-23-14-16-6-7-4-10(13(19)22-12(7)17-14)9-3-2-8(18(20)21)5-11(9)15/h2-6H,1H3. The van der Waals surface area contributed by atoms with E-state index < -0.39 is 10.5 Å². The fourth-order valence-corrected chi connectivity index (χ4v) is 2.63. The highest BCUT2D eigenvalue weighted by molar-refractivity contribution is 7.98. The Hall–Kier alpha value is -2.45. The number of halogens is 1. The Labute approximate surface area is 138 Å². The first-order chi connectivity index (χ1) is 11.0. The van der Waals surface area contributed by atoms with Crippen molar-refractivity contribution in [1.29, 1.82) is 0 Å². The van der Waals surface area contributed by atoms with Gasteiger partial charge in [0.25, 0.3) is 5.69 Å². The average molecular weight is 350 g/mol. The molecule has 0 atom stereocenters. The molecule has 0 spiro atoms. The van der Waals surface area contributed by atoms with Gasteiger partial charge in [0.05, 0.1) is 20.9 Å². The van der Waals surface area contributed by atoms with Crippen LogP contribution in [0.2, 0.25) is 5.02 Å². The molecule has 0 aliphatic rings. The zero-order valence-electron chi connectivity index (χ0n) is 11.6. The molecule has 0 saturated carbocycles. The summed E-state index contributed by atoms with van der Waals surface area (Å²) in [6.45, 7) is 0. The number of hydrogen-bond donors (Lipinski definition) is 0. The number of aromatic nitrogens is 2. The Morgan fingerprint density at radius 2 is 2.09 bits per heavy atom. The molecule has 3 aromatic rings. The summed E-state index contributed by atoms with van der Waals surface area (Å²) in [7, 11) is 0. The maximum atomic E-state index is 12.2. The van der Waals surface area contributed by atoms with E-state index in [1.807, 2.05) is 6.26 Å². The third-order valence-electron chi connectivity index (χ3n) is 3.10. The van der Waals surface area contributed by atoms with E-state index in [0.717, 1.165) is 0 Å². The third kappa shape index (κ3) is 2.90. The van der Waals surface area contributed by atoms with Crippen LogP contribution in [0.4, 0.5) is 5.69 Å². The molecular formula is C14H8ClN3O4S. The van der Waals surface area contributed by atoms with Gasteiger partial charge in [-0.05, 0) is 18.4 Å². The zero-order chi connectivity index (χ0) is 16.6. The quantitative estimate of drug-likeness (QED) is 0.308. The second-order valence-corrected chi connectivity index (χ2v) is 5.67. The van der Waals surface area contributed by atoms with E-state index in [1.54, 1.807) is 12.3 Å². The van der Waals surface area contributed by atoms with Crippen LogP contribution < -0.4 is 5.63 Å². The number of non-ortho nitro benzene ring substituents is 1. The van der Waals surface area contributed by atoms with Gasteiger partial charge in [-0.15, -0.1) is 0 Å². The molecule has 0 aliphatic heterocycles. The molecule has 0 fully saturated rings. The summed E-state index contributed by atoms with van der Waals surface area (Å²) in [6, 6.07) is 5.43. The van der Waals surface area contributed by atoms with Crippen molar-refractivity contribution in [3.05, 3.63) is 56.0 Å². The molecule has 0 bridgehead atoms. The summed E-state index contributed by atoms with van der Waals surface area (Å²) >= 11 is 7.39. The van der Waals surface area contributed by atoms with Crippen molar-refractivity contribution in [2.24, 2.45) is 0 Å². The molecular weight excluding hydrogens is 342 g/mol. The van der Waals surface area contributed by atoms with E-state index in [-0.39, 0.29) is 22.0 Å². The Bertz CT molecular complexity index is 989. The predicted molar refractivity (Wildman–Crippen MR) is 87.0 cm³/mol. The van der Waals surface area contributed by atoms with E-state index in [9.17, 15) is 14.9 Å². The Morgan fingerprint density at radius 3 is 2.74 bits per heavy atom. The molecule has 0 aliphatic carbocycles. The lowest BCUT2D eigenvalue weighted by molar-refractivity contribution is -0.384. The number of thioether (sulfide) groups is 1. The van der Waals surface area contributed by atoms with Crippen molar-refractivity contribution in [2.75, 3.05) is 6.26 Å². The molecule has 0 unspecified atom stereocenters. The Morgan fingerprint density at radius 1 is 1.30 bits per heavy atom. The Kier molecular flexibility index (Phi) is 4.01. The van der Waals surface area contributed by atoms with Gasteiger partial charge in [-0.25, -0.2) is 9.78 Å². The molecule has 7 nitrogen and oxygen atoms in total. The van der Waals surface area contributed by atoms with Crippen LogP contribution in [-0.4, -0.2) is 21.1 Å². The van der Waals surface area contributed by atoms with Gasteiger partial charge in [0, 0.05) is 23.9 Å². The maximum absolute atomic E-state index is 12.2. The van der Waals surface area contributed by atoms with Gasteiger partial charge in [0.15, 0.2) is 5.16 Å². The monoisotopic (exact) mass is 349 g/mol. The number of hydrogen-bond acceptors (Lipinski definition) is 7. The van der Waals surface area contributed by atoms with E-state index in [0.29, 0.717) is 16.1 Å². The number of benzene rings is 1. The average Bonchev–Trinajstić information content (AvgIpc) is 2.53. The van der Waals surface area contributed by atoms with Crippen molar-refractivity contribution in [3.8, 4) is 11.1 Å². The minimum absolute atomic E-state index is 0.0903. The molecule has 0 amide bonds.